The molecule has 5 rings (SSSR count). The highest BCUT2D eigenvalue weighted by molar-refractivity contribution is 5.95. The molecule has 2 heterocycles. The Morgan fingerprint density at radius 1 is 1.02 bits per heavy atom. The van der Waals surface area contributed by atoms with Crippen molar-refractivity contribution in [3.63, 3.8) is 0 Å². The van der Waals surface area contributed by atoms with E-state index < -0.39 is 5.56 Å². The summed E-state index contributed by atoms with van der Waals surface area (Å²) >= 11 is 0. The van der Waals surface area contributed by atoms with Crippen molar-refractivity contribution in [2.24, 2.45) is 0 Å². The fourth-order valence-electron chi connectivity index (χ4n) is 5.16. The maximum atomic E-state index is 14.0. The molecule has 0 saturated heterocycles. The van der Waals surface area contributed by atoms with E-state index in [0.717, 1.165) is 32.7 Å². The zero-order chi connectivity index (χ0) is 30.8. The Balaban J connectivity index is 1.65. The van der Waals surface area contributed by atoms with E-state index in [1.807, 2.05) is 48.0 Å². The average Bonchev–Trinajstić information content (AvgIpc) is 3.34. The van der Waals surface area contributed by atoms with E-state index in [1.165, 1.54) is 17.0 Å². The first-order valence-corrected chi connectivity index (χ1v) is 13.9. The molecule has 0 unspecified atom stereocenters. The normalized spacial score (nSPS) is 11.1. The van der Waals surface area contributed by atoms with Crippen LogP contribution in [0.5, 0.6) is 0 Å². The van der Waals surface area contributed by atoms with Crippen LogP contribution in [0.1, 0.15) is 34.8 Å². The van der Waals surface area contributed by atoms with Crippen molar-refractivity contribution < 1.29 is 14.0 Å². The van der Waals surface area contributed by atoms with Gasteiger partial charge in [0.25, 0.3) is 11.5 Å². The van der Waals surface area contributed by atoms with Gasteiger partial charge in [-0.1, -0.05) is 31.2 Å². The molecule has 2 aromatic heterocycles. The van der Waals surface area contributed by atoms with Gasteiger partial charge < -0.3 is 9.47 Å². The number of nitrogens with zero attached hydrogens (tertiary/aromatic N) is 5. The second-order valence-corrected chi connectivity index (χ2v) is 10.5. The Bertz CT molecular complexity index is 1910. The van der Waals surface area contributed by atoms with Gasteiger partial charge in [0, 0.05) is 56.0 Å². The van der Waals surface area contributed by atoms with Crippen molar-refractivity contribution in [3.05, 3.63) is 112 Å². The van der Waals surface area contributed by atoms with E-state index in [1.54, 1.807) is 63.1 Å². The molecule has 0 saturated carbocycles. The molecule has 0 aliphatic rings. The monoisotopic (exact) mass is 580 g/mol. The molecule has 0 radical (unpaired) electrons. The van der Waals surface area contributed by atoms with E-state index in [-0.39, 0.29) is 36.4 Å². The lowest BCUT2D eigenvalue weighted by molar-refractivity contribution is -0.118. The highest BCUT2D eigenvalue weighted by Crippen LogP contribution is 2.27. The Hall–Kier alpha value is -5.09. The average molecular weight is 581 g/mol. The predicted molar refractivity (Wildman–Crippen MR) is 166 cm³/mol. The molecule has 0 atom stereocenters. The summed E-state index contributed by atoms with van der Waals surface area (Å²) < 4.78 is 17.5. The van der Waals surface area contributed by atoms with Crippen LogP contribution in [0.2, 0.25) is 0 Å². The maximum Gasteiger partial charge on any atom is 0.296 e. The molecule has 0 aliphatic carbocycles. The van der Waals surface area contributed by atoms with Crippen molar-refractivity contribution in [1.29, 1.82) is 0 Å². The number of carbonyl (C=O) groups is 2. The lowest BCUT2D eigenvalue weighted by Gasteiger charge is -2.22. The molecule has 0 bridgehead atoms. The standard InChI is InChI=1S/C33H33FN6O3/c1-6-30(41)40(35-3)31-33(43)39(29(18-36-31)23-10-8-11-24(16-23)32(42)37(4)5)20-22-9-7-12-26(15-22)38-19-21(2)27-17-25(34)13-14-28(27)38/h7-19,35H,6,20H2,1-5H3. The van der Waals surface area contributed by atoms with Gasteiger partial charge in [-0.3, -0.25) is 19.0 Å². The fraction of sp³-hybridized carbons (Fsp3) is 0.212. The molecule has 1 N–H and O–H groups in total. The third kappa shape index (κ3) is 5.69. The zero-order valence-electron chi connectivity index (χ0n) is 24.8. The van der Waals surface area contributed by atoms with Crippen LogP contribution in [-0.4, -0.2) is 52.0 Å². The van der Waals surface area contributed by atoms with E-state index in [9.17, 15) is 18.8 Å². The summed E-state index contributed by atoms with van der Waals surface area (Å²) in [6.07, 6.45) is 3.68. The number of amides is 2. The van der Waals surface area contributed by atoms with Gasteiger partial charge in [0.2, 0.25) is 11.7 Å². The third-order valence-corrected chi connectivity index (χ3v) is 7.33. The molecule has 3 aromatic carbocycles. The number of carbonyl (C=O) groups excluding carboxylic acids is 2. The molecule has 9 nitrogen and oxygen atoms in total. The van der Waals surface area contributed by atoms with Crippen molar-refractivity contribution in [2.45, 2.75) is 26.8 Å². The van der Waals surface area contributed by atoms with Crippen LogP contribution < -0.4 is 16.0 Å². The molecule has 0 fully saturated rings. The van der Waals surface area contributed by atoms with E-state index in [0.29, 0.717) is 16.8 Å². The summed E-state index contributed by atoms with van der Waals surface area (Å²) in [6, 6.07) is 19.5. The minimum Gasteiger partial charge on any atom is -0.345 e. The SMILES string of the molecule is CCC(=O)N(NC)c1ncc(-c2cccc(C(=O)N(C)C)c2)n(Cc2cccc(-n3cc(C)c4cc(F)ccc43)c2)c1=O. The largest absolute Gasteiger partial charge is 0.345 e. The maximum absolute atomic E-state index is 14.0. The molecule has 5 aromatic rings. The number of benzene rings is 3. The lowest BCUT2D eigenvalue weighted by atomic mass is 10.1. The smallest absolute Gasteiger partial charge is 0.296 e. The quantitative estimate of drug-likeness (QED) is 0.263. The minimum atomic E-state index is -0.471. The van der Waals surface area contributed by atoms with Gasteiger partial charge in [-0.2, -0.15) is 0 Å². The molecule has 0 spiro atoms. The number of fused-ring (bicyclic) bond motifs is 1. The summed E-state index contributed by atoms with van der Waals surface area (Å²) in [5.74, 6) is -0.824. The number of aromatic nitrogens is 3. The predicted octanol–water partition coefficient (Wildman–Crippen LogP) is 4.93. The Morgan fingerprint density at radius 3 is 2.51 bits per heavy atom. The van der Waals surface area contributed by atoms with E-state index in [2.05, 4.69) is 10.4 Å². The number of rotatable bonds is 8. The topological polar surface area (TPSA) is 92.5 Å². The highest BCUT2D eigenvalue weighted by atomic mass is 19.1. The van der Waals surface area contributed by atoms with Crippen LogP contribution in [0.15, 0.2) is 83.9 Å². The van der Waals surface area contributed by atoms with Gasteiger partial charge in [-0.15, -0.1) is 0 Å². The van der Waals surface area contributed by atoms with Gasteiger partial charge in [0.1, 0.15) is 5.82 Å². The van der Waals surface area contributed by atoms with Crippen LogP contribution in [0, 0.1) is 12.7 Å². The Labute approximate surface area is 248 Å². The number of hydrazine groups is 1. The zero-order valence-corrected chi connectivity index (χ0v) is 24.8. The van der Waals surface area contributed by atoms with Crippen LogP contribution >= 0.6 is 0 Å². The first-order chi connectivity index (χ1) is 20.6. The summed E-state index contributed by atoms with van der Waals surface area (Å²) in [5.41, 5.74) is 7.37. The second-order valence-electron chi connectivity index (χ2n) is 10.5. The summed E-state index contributed by atoms with van der Waals surface area (Å²) in [6.45, 7) is 3.81. The van der Waals surface area contributed by atoms with Crippen molar-refractivity contribution >= 4 is 28.5 Å². The number of hydrogen-bond donors (Lipinski definition) is 1. The molecule has 2 amide bonds. The van der Waals surface area contributed by atoms with Crippen LogP contribution in [0.3, 0.4) is 0 Å². The molecular weight excluding hydrogens is 547 g/mol. The van der Waals surface area contributed by atoms with Crippen LogP contribution in [0.25, 0.3) is 27.8 Å². The molecule has 43 heavy (non-hydrogen) atoms. The van der Waals surface area contributed by atoms with E-state index in [4.69, 9.17) is 0 Å². The highest BCUT2D eigenvalue weighted by Gasteiger charge is 2.22. The third-order valence-electron chi connectivity index (χ3n) is 7.33. The number of hydrogen-bond acceptors (Lipinski definition) is 5. The lowest BCUT2D eigenvalue weighted by Crippen LogP contribution is -2.45. The van der Waals surface area contributed by atoms with Crippen molar-refractivity contribution in [2.75, 3.05) is 26.2 Å². The first kappa shape index (κ1) is 29.4. The molecule has 0 aliphatic heterocycles. The van der Waals surface area contributed by atoms with Gasteiger partial charge >= 0.3 is 0 Å². The number of aryl methyl sites for hydroxylation is 1. The van der Waals surface area contributed by atoms with Gasteiger partial charge in [0.15, 0.2) is 0 Å². The van der Waals surface area contributed by atoms with Gasteiger partial charge in [0.05, 0.1) is 24.0 Å². The summed E-state index contributed by atoms with van der Waals surface area (Å²) in [7, 11) is 4.91. The Kier molecular flexibility index (Phi) is 8.22. The Morgan fingerprint density at radius 2 is 1.79 bits per heavy atom. The first-order valence-electron chi connectivity index (χ1n) is 13.9. The summed E-state index contributed by atoms with van der Waals surface area (Å²) in [4.78, 5) is 45.3. The number of halogens is 1. The summed E-state index contributed by atoms with van der Waals surface area (Å²) in [5, 5.41) is 1.97. The van der Waals surface area contributed by atoms with Gasteiger partial charge in [-0.25, -0.2) is 19.8 Å². The fourth-order valence-corrected chi connectivity index (χ4v) is 5.16. The van der Waals surface area contributed by atoms with Crippen LogP contribution in [-0.2, 0) is 11.3 Å². The minimum absolute atomic E-state index is 0.0520. The molecular formula is C33H33FN6O3. The molecule has 10 heteroatoms. The van der Waals surface area contributed by atoms with Gasteiger partial charge in [-0.05, 0) is 60.5 Å². The van der Waals surface area contributed by atoms with Crippen molar-refractivity contribution in [3.8, 4) is 16.9 Å². The number of anilines is 1. The van der Waals surface area contributed by atoms with Crippen molar-refractivity contribution in [1.82, 2.24) is 24.4 Å². The number of nitrogens with one attached hydrogen (secondary N) is 1. The second kappa shape index (κ2) is 12.0. The molecule has 220 valence electrons. The van der Waals surface area contributed by atoms with E-state index >= 15 is 0 Å². The van der Waals surface area contributed by atoms with Crippen LogP contribution in [0.4, 0.5) is 10.2 Å².